The summed E-state index contributed by atoms with van der Waals surface area (Å²) in [5, 5.41) is 19.5. The van der Waals surface area contributed by atoms with Gasteiger partial charge < -0.3 is 10.2 Å². The van der Waals surface area contributed by atoms with E-state index in [0.717, 1.165) is 25.3 Å². The molecular formula is C14H16BrF3O3. The molecule has 0 saturated heterocycles. The lowest BCUT2D eigenvalue weighted by atomic mass is 10.00. The summed E-state index contributed by atoms with van der Waals surface area (Å²) in [6, 6.07) is 0.914. The number of hydrogen-bond donors (Lipinski definition) is 2. The summed E-state index contributed by atoms with van der Waals surface area (Å²) in [6.45, 7) is 2.02. The SMILES string of the molecule is CCCCCCc1cc(C(=O)C(F)(F)F)c(O)c(Br)c1O. The number of halogens is 4. The van der Waals surface area contributed by atoms with Crippen LogP contribution in [0.2, 0.25) is 0 Å². The first-order valence-corrected chi connectivity index (χ1v) is 7.34. The van der Waals surface area contributed by atoms with Gasteiger partial charge >= 0.3 is 6.18 Å². The summed E-state index contributed by atoms with van der Waals surface area (Å²) in [6.07, 6.45) is -1.21. The van der Waals surface area contributed by atoms with Crippen LogP contribution in [0.1, 0.15) is 48.5 Å². The van der Waals surface area contributed by atoms with Crippen LogP contribution in [0.15, 0.2) is 10.5 Å². The second-order valence-electron chi connectivity index (χ2n) is 4.73. The minimum Gasteiger partial charge on any atom is -0.506 e. The molecule has 0 unspecified atom stereocenters. The molecule has 2 N–H and O–H groups in total. The average molecular weight is 369 g/mol. The minimum atomic E-state index is -5.08. The highest BCUT2D eigenvalue weighted by Crippen LogP contribution is 2.41. The largest absolute Gasteiger partial charge is 0.506 e. The molecule has 0 aliphatic heterocycles. The number of alkyl halides is 3. The second kappa shape index (κ2) is 7.15. The highest BCUT2D eigenvalue weighted by atomic mass is 79.9. The van der Waals surface area contributed by atoms with Crippen molar-refractivity contribution in [1.82, 2.24) is 0 Å². The first-order valence-electron chi connectivity index (χ1n) is 6.55. The van der Waals surface area contributed by atoms with Crippen molar-refractivity contribution in [2.75, 3.05) is 0 Å². The maximum absolute atomic E-state index is 12.5. The number of hydrogen-bond acceptors (Lipinski definition) is 3. The number of Topliss-reactive ketones (excluding diaryl/α,β-unsaturated/α-hetero) is 1. The molecule has 7 heteroatoms. The molecule has 1 aromatic carbocycles. The van der Waals surface area contributed by atoms with Gasteiger partial charge in [0, 0.05) is 0 Å². The number of carbonyl (C=O) groups excluding carboxylic acids is 1. The number of unbranched alkanes of at least 4 members (excludes halogenated alkanes) is 3. The van der Waals surface area contributed by atoms with Gasteiger partial charge in [-0.2, -0.15) is 13.2 Å². The molecule has 118 valence electrons. The smallest absolute Gasteiger partial charge is 0.455 e. The Morgan fingerprint density at radius 1 is 1.19 bits per heavy atom. The van der Waals surface area contributed by atoms with Crippen molar-refractivity contribution in [3.05, 3.63) is 21.7 Å². The predicted octanol–water partition coefficient (Wildman–Crippen LogP) is 4.73. The van der Waals surface area contributed by atoms with Crippen LogP contribution >= 0.6 is 15.9 Å². The van der Waals surface area contributed by atoms with E-state index in [1.54, 1.807) is 0 Å². The summed E-state index contributed by atoms with van der Waals surface area (Å²) < 4.78 is 37.2. The molecule has 0 aromatic heterocycles. The van der Waals surface area contributed by atoms with E-state index in [-0.39, 0.29) is 15.8 Å². The van der Waals surface area contributed by atoms with Gasteiger partial charge in [-0.15, -0.1) is 0 Å². The van der Waals surface area contributed by atoms with Crippen molar-refractivity contribution in [2.45, 2.75) is 45.2 Å². The molecule has 0 atom stereocenters. The van der Waals surface area contributed by atoms with E-state index in [4.69, 9.17) is 0 Å². The van der Waals surface area contributed by atoms with Gasteiger partial charge in [0.1, 0.15) is 16.0 Å². The highest BCUT2D eigenvalue weighted by Gasteiger charge is 2.41. The van der Waals surface area contributed by atoms with E-state index in [9.17, 15) is 28.2 Å². The summed E-state index contributed by atoms with van der Waals surface area (Å²) in [4.78, 5) is 11.3. The summed E-state index contributed by atoms with van der Waals surface area (Å²) in [5.74, 6) is -3.36. The van der Waals surface area contributed by atoms with Crippen LogP contribution in [0.5, 0.6) is 11.5 Å². The highest BCUT2D eigenvalue weighted by molar-refractivity contribution is 9.10. The fourth-order valence-corrected chi connectivity index (χ4v) is 2.41. The van der Waals surface area contributed by atoms with Crippen LogP contribution in [0.4, 0.5) is 13.2 Å². The third kappa shape index (κ3) is 4.36. The van der Waals surface area contributed by atoms with E-state index < -0.39 is 23.3 Å². The van der Waals surface area contributed by atoms with E-state index in [2.05, 4.69) is 15.9 Å². The fraction of sp³-hybridized carbons (Fsp3) is 0.500. The average Bonchev–Trinajstić information content (AvgIpc) is 2.41. The first kappa shape index (κ1) is 17.8. The minimum absolute atomic E-state index is 0.211. The van der Waals surface area contributed by atoms with Crippen LogP contribution < -0.4 is 0 Å². The van der Waals surface area contributed by atoms with Crippen molar-refractivity contribution >= 4 is 21.7 Å². The molecule has 0 aliphatic carbocycles. The van der Waals surface area contributed by atoms with Crippen LogP contribution in [0, 0.1) is 0 Å². The number of aryl methyl sites for hydroxylation is 1. The zero-order valence-corrected chi connectivity index (χ0v) is 13.0. The first-order chi connectivity index (χ1) is 9.70. The Morgan fingerprint density at radius 3 is 2.33 bits per heavy atom. The second-order valence-corrected chi connectivity index (χ2v) is 5.52. The van der Waals surface area contributed by atoms with E-state index in [1.165, 1.54) is 0 Å². The number of benzene rings is 1. The van der Waals surface area contributed by atoms with Crippen LogP contribution in [-0.2, 0) is 6.42 Å². The number of phenols is 2. The Labute approximate surface area is 128 Å². The number of rotatable bonds is 6. The van der Waals surface area contributed by atoms with Crippen molar-refractivity contribution in [1.29, 1.82) is 0 Å². The molecule has 0 aliphatic rings. The molecule has 21 heavy (non-hydrogen) atoms. The quantitative estimate of drug-likeness (QED) is 0.563. The van der Waals surface area contributed by atoms with Crippen LogP contribution in [-0.4, -0.2) is 22.2 Å². The molecule has 0 bridgehead atoms. The molecule has 3 nitrogen and oxygen atoms in total. The lowest BCUT2D eigenvalue weighted by Gasteiger charge is -2.13. The van der Waals surface area contributed by atoms with Crippen LogP contribution in [0.3, 0.4) is 0 Å². The van der Waals surface area contributed by atoms with Gasteiger partial charge in [0.05, 0.1) is 5.56 Å². The van der Waals surface area contributed by atoms with Crippen molar-refractivity contribution in [3.8, 4) is 11.5 Å². The van der Waals surface area contributed by atoms with Crippen LogP contribution in [0.25, 0.3) is 0 Å². The number of aromatic hydroxyl groups is 2. The van der Waals surface area contributed by atoms with E-state index in [0.29, 0.717) is 12.8 Å². The maximum Gasteiger partial charge on any atom is 0.455 e. The maximum atomic E-state index is 12.5. The van der Waals surface area contributed by atoms with Gasteiger partial charge in [0.15, 0.2) is 0 Å². The molecule has 1 rings (SSSR count). The van der Waals surface area contributed by atoms with Gasteiger partial charge in [0.25, 0.3) is 5.78 Å². The lowest BCUT2D eigenvalue weighted by Crippen LogP contribution is -2.23. The molecule has 0 amide bonds. The van der Waals surface area contributed by atoms with Gasteiger partial charge in [-0.3, -0.25) is 4.79 Å². The topological polar surface area (TPSA) is 57.5 Å². The number of carbonyl (C=O) groups is 1. The summed E-state index contributed by atoms with van der Waals surface area (Å²) >= 11 is 2.82. The van der Waals surface area contributed by atoms with Gasteiger partial charge in [0.2, 0.25) is 0 Å². The monoisotopic (exact) mass is 368 g/mol. The number of phenolic OH excluding ortho intramolecular Hbond substituents is 2. The third-order valence-corrected chi connectivity index (χ3v) is 3.85. The molecule has 0 fully saturated rings. The Balaban J connectivity index is 3.11. The zero-order chi connectivity index (χ0) is 16.2. The van der Waals surface area contributed by atoms with Crippen molar-refractivity contribution in [3.63, 3.8) is 0 Å². The predicted molar refractivity (Wildman–Crippen MR) is 75.7 cm³/mol. The zero-order valence-electron chi connectivity index (χ0n) is 11.4. The number of ketones is 1. The molecule has 0 heterocycles. The van der Waals surface area contributed by atoms with E-state index in [1.807, 2.05) is 6.92 Å². The molecular weight excluding hydrogens is 353 g/mol. The molecule has 0 saturated carbocycles. The normalized spacial score (nSPS) is 11.7. The summed E-state index contributed by atoms with van der Waals surface area (Å²) in [5.41, 5.74) is -0.638. The molecule has 0 spiro atoms. The Hall–Kier alpha value is -1.24. The fourth-order valence-electron chi connectivity index (χ4n) is 1.94. The standard InChI is InChI=1S/C14H16BrF3O3/c1-2-3-4-5-6-8-7-9(13(21)14(16,17)18)12(20)10(15)11(8)19/h7,19-20H,2-6H2,1H3. The van der Waals surface area contributed by atoms with Gasteiger partial charge in [-0.1, -0.05) is 26.2 Å². The molecule has 1 aromatic rings. The molecule has 0 radical (unpaired) electrons. The van der Waals surface area contributed by atoms with Crippen molar-refractivity contribution < 1.29 is 28.2 Å². The van der Waals surface area contributed by atoms with Gasteiger partial charge in [-0.05, 0) is 40.4 Å². The summed E-state index contributed by atoms with van der Waals surface area (Å²) in [7, 11) is 0. The Morgan fingerprint density at radius 2 is 1.81 bits per heavy atom. The lowest BCUT2D eigenvalue weighted by molar-refractivity contribution is -0.0886. The van der Waals surface area contributed by atoms with E-state index >= 15 is 0 Å². The Kier molecular flexibility index (Phi) is 6.07. The van der Waals surface area contributed by atoms with Crippen molar-refractivity contribution in [2.24, 2.45) is 0 Å². The third-order valence-electron chi connectivity index (χ3n) is 3.10. The van der Waals surface area contributed by atoms with Gasteiger partial charge in [-0.25, -0.2) is 0 Å². The Bertz CT molecular complexity index is 527.